The van der Waals surface area contributed by atoms with Gasteiger partial charge < -0.3 is 9.88 Å². The Labute approximate surface area is 172 Å². The molecule has 0 radical (unpaired) electrons. The van der Waals surface area contributed by atoms with Gasteiger partial charge in [0, 0.05) is 36.6 Å². The number of halogens is 1. The summed E-state index contributed by atoms with van der Waals surface area (Å²) in [6, 6.07) is 15.1. The Bertz CT molecular complexity index is 1240. The number of aryl methyl sites for hydroxylation is 1. The molecule has 0 fully saturated rings. The van der Waals surface area contributed by atoms with E-state index >= 15 is 0 Å². The van der Waals surface area contributed by atoms with Gasteiger partial charge in [-0.25, -0.2) is 8.91 Å². The smallest absolute Gasteiger partial charge is 0.276 e. The number of benzene rings is 2. The highest BCUT2D eigenvalue weighted by atomic mass is 19.1. The average molecular weight is 404 g/mol. The van der Waals surface area contributed by atoms with Crippen molar-refractivity contribution in [2.75, 3.05) is 6.54 Å². The lowest BCUT2D eigenvalue weighted by atomic mass is 10.1. The molecule has 1 N–H and O–H groups in total. The Balaban J connectivity index is 1.46. The van der Waals surface area contributed by atoms with Gasteiger partial charge in [-0.2, -0.15) is 5.10 Å². The number of rotatable bonds is 6. The molecule has 0 bridgehead atoms. The first-order valence-corrected chi connectivity index (χ1v) is 9.77. The van der Waals surface area contributed by atoms with Gasteiger partial charge in [0.2, 0.25) is 0 Å². The van der Waals surface area contributed by atoms with E-state index in [1.807, 2.05) is 12.1 Å². The van der Waals surface area contributed by atoms with Crippen LogP contribution in [0.2, 0.25) is 0 Å². The summed E-state index contributed by atoms with van der Waals surface area (Å²) in [5.41, 5.74) is 3.29. The minimum atomic E-state index is -0.326. The van der Waals surface area contributed by atoms with Crippen LogP contribution in [0.3, 0.4) is 0 Å². The van der Waals surface area contributed by atoms with Crippen molar-refractivity contribution in [3.8, 4) is 11.3 Å². The van der Waals surface area contributed by atoms with Gasteiger partial charge in [-0.3, -0.25) is 9.59 Å². The minimum Gasteiger partial charge on any atom is -0.350 e. The zero-order chi connectivity index (χ0) is 21.1. The van der Waals surface area contributed by atoms with Crippen LogP contribution in [-0.2, 0) is 13.0 Å². The number of carbonyl (C=O) groups excluding carboxylic acids is 1. The van der Waals surface area contributed by atoms with Gasteiger partial charge in [-0.05, 0) is 54.4 Å². The van der Waals surface area contributed by atoms with Gasteiger partial charge >= 0.3 is 0 Å². The van der Waals surface area contributed by atoms with Crippen molar-refractivity contribution in [1.82, 2.24) is 19.5 Å². The van der Waals surface area contributed by atoms with E-state index in [9.17, 15) is 14.0 Å². The highest BCUT2D eigenvalue weighted by Crippen LogP contribution is 2.18. The summed E-state index contributed by atoms with van der Waals surface area (Å²) in [5.74, 6) is -0.497. The molecular weight excluding hydrogens is 383 g/mol. The summed E-state index contributed by atoms with van der Waals surface area (Å²) in [6.07, 6.45) is 4.25. The van der Waals surface area contributed by atoms with Gasteiger partial charge in [0.1, 0.15) is 11.3 Å². The van der Waals surface area contributed by atoms with Crippen LogP contribution in [0.5, 0.6) is 0 Å². The number of hydrogen-bond donors (Lipinski definition) is 1. The molecule has 4 aromatic rings. The average Bonchev–Trinajstić information content (AvgIpc) is 3.21. The summed E-state index contributed by atoms with van der Waals surface area (Å²) in [5, 5.41) is 7.23. The second-order valence-electron chi connectivity index (χ2n) is 6.97. The van der Waals surface area contributed by atoms with E-state index < -0.39 is 0 Å². The first kappa shape index (κ1) is 19.6. The Morgan fingerprint density at radius 1 is 1.07 bits per heavy atom. The monoisotopic (exact) mass is 404 g/mol. The molecule has 6 nitrogen and oxygen atoms in total. The van der Waals surface area contributed by atoms with Crippen molar-refractivity contribution in [1.29, 1.82) is 0 Å². The summed E-state index contributed by atoms with van der Waals surface area (Å²) >= 11 is 0. The van der Waals surface area contributed by atoms with Crippen LogP contribution in [0, 0.1) is 5.82 Å². The lowest BCUT2D eigenvalue weighted by Crippen LogP contribution is -2.31. The van der Waals surface area contributed by atoms with Crippen LogP contribution in [0.4, 0.5) is 4.39 Å². The minimum absolute atomic E-state index is 0.172. The van der Waals surface area contributed by atoms with Gasteiger partial charge in [-0.15, -0.1) is 0 Å². The number of fused-ring (bicyclic) bond motifs is 1. The number of amides is 1. The molecule has 0 saturated carbocycles. The van der Waals surface area contributed by atoms with Crippen molar-refractivity contribution in [3.63, 3.8) is 0 Å². The maximum Gasteiger partial charge on any atom is 0.276 e. The Morgan fingerprint density at radius 3 is 2.50 bits per heavy atom. The molecule has 0 spiro atoms. The summed E-state index contributed by atoms with van der Waals surface area (Å²) in [4.78, 5) is 25.0. The molecule has 2 aromatic heterocycles. The van der Waals surface area contributed by atoms with Crippen LogP contribution in [-0.4, -0.2) is 26.6 Å². The van der Waals surface area contributed by atoms with Crippen molar-refractivity contribution >= 4 is 11.4 Å². The van der Waals surface area contributed by atoms with Crippen LogP contribution in [0.15, 0.2) is 71.8 Å². The standard InChI is InChI=1S/C23H21FN4O2/c1-2-16-3-5-18(6-4-16)22(29)25-11-12-27-13-14-28-21(23(27)30)15-20(26-28)17-7-9-19(24)10-8-17/h3-10,13-15H,2,11-12H2,1H3,(H,25,29). The number of hydrogen-bond acceptors (Lipinski definition) is 3. The molecule has 30 heavy (non-hydrogen) atoms. The molecular formula is C23H21FN4O2. The van der Waals surface area contributed by atoms with E-state index in [-0.39, 0.29) is 17.3 Å². The predicted molar refractivity (Wildman–Crippen MR) is 113 cm³/mol. The lowest BCUT2D eigenvalue weighted by molar-refractivity contribution is 0.0952. The Morgan fingerprint density at radius 2 is 1.80 bits per heavy atom. The van der Waals surface area contributed by atoms with Gasteiger partial charge in [-0.1, -0.05) is 19.1 Å². The fraction of sp³-hybridized carbons (Fsp3) is 0.174. The predicted octanol–water partition coefficient (Wildman–Crippen LogP) is 3.29. The fourth-order valence-electron chi connectivity index (χ4n) is 3.25. The van der Waals surface area contributed by atoms with E-state index in [4.69, 9.17) is 0 Å². The number of aromatic nitrogens is 3. The molecule has 2 aromatic carbocycles. The molecule has 0 aliphatic heterocycles. The van der Waals surface area contributed by atoms with Crippen LogP contribution in [0.25, 0.3) is 16.8 Å². The van der Waals surface area contributed by atoms with E-state index in [1.165, 1.54) is 26.8 Å². The highest BCUT2D eigenvalue weighted by molar-refractivity contribution is 5.94. The molecule has 2 heterocycles. The van der Waals surface area contributed by atoms with Crippen LogP contribution >= 0.6 is 0 Å². The van der Waals surface area contributed by atoms with Gasteiger partial charge in [0.05, 0.1) is 5.69 Å². The molecule has 0 aliphatic carbocycles. The molecule has 0 unspecified atom stereocenters. The maximum atomic E-state index is 13.1. The van der Waals surface area contributed by atoms with Crippen molar-refractivity contribution in [3.05, 3.63) is 94.3 Å². The molecule has 1 amide bonds. The van der Waals surface area contributed by atoms with Crippen molar-refractivity contribution < 1.29 is 9.18 Å². The molecule has 4 rings (SSSR count). The molecule has 0 saturated heterocycles. The van der Waals surface area contributed by atoms with Gasteiger partial charge in [0.25, 0.3) is 11.5 Å². The number of nitrogens with zero attached hydrogens (tertiary/aromatic N) is 3. The SMILES string of the molecule is CCc1ccc(C(=O)NCCn2ccn3nc(-c4ccc(F)cc4)cc3c2=O)cc1. The second kappa shape index (κ2) is 8.32. The lowest BCUT2D eigenvalue weighted by Gasteiger charge is -2.08. The van der Waals surface area contributed by atoms with Crippen molar-refractivity contribution in [2.24, 2.45) is 0 Å². The zero-order valence-electron chi connectivity index (χ0n) is 16.5. The van der Waals surface area contributed by atoms with Crippen molar-refractivity contribution in [2.45, 2.75) is 19.9 Å². The van der Waals surface area contributed by atoms with Crippen LogP contribution < -0.4 is 10.9 Å². The zero-order valence-corrected chi connectivity index (χ0v) is 16.5. The largest absolute Gasteiger partial charge is 0.350 e. The first-order valence-electron chi connectivity index (χ1n) is 9.77. The maximum absolute atomic E-state index is 13.1. The Kier molecular flexibility index (Phi) is 5.43. The van der Waals surface area contributed by atoms with E-state index in [0.717, 1.165) is 12.0 Å². The summed E-state index contributed by atoms with van der Waals surface area (Å²) in [6.45, 7) is 2.72. The first-order chi connectivity index (χ1) is 14.5. The Hall–Kier alpha value is -3.74. The third-order valence-electron chi connectivity index (χ3n) is 5.01. The third kappa shape index (κ3) is 4.00. The quantitative estimate of drug-likeness (QED) is 0.536. The third-order valence-corrected chi connectivity index (χ3v) is 5.01. The molecule has 0 atom stereocenters. The number of carbonyl (C=O) groups is 1. The summed E-state index contributed by atoms with van der Waals surface area (Å²) in [7, 11) is 0. The molecule has 0 aliphatic rings. The summed E-state index contributed by atoms with van der Waals surface area (Å²) < 4.78 is 16.2. The molecule has 7 heteroatoms. The number of nitrogens with one attached hydrogen (secondary N) is 1. The second-order valence-corrected chi connectivity index (χ2v) is 6.97. The van der Waals surface area contributed by atoms with Crippen LogP contribution in [0.1, 0.15) is 22.8 Å². The topological polar surface area (TPSA) is 68.4 Å². The van der Waals surface area contributed by atoms with E-state index in [1.54, 1.807) is 42.7 Å². The van der Waals surface area contributed by atoms with Gasteiger partial charge in [0.15, 0.2) is 0 Å². The van der Waals surface area contributed by atoms with E-state index in [0.29, 0.717) is 29.9 Å². The van der Waals surface area contributed by atoms with E-state index in [2.05, 4.69) is 17.3 Å². The molecule has 152 valence electrons. The normalized spacial score (nSPS) is 11.0. The fourth-order valence-corrected chi connectivity index (χ4v) is 3.25. The highest BCUT2D eigenvalue weighted by Gasteiger charge is 2.10.